The normalized spacial score (nSPS) is 25.7. The Morgan fingerprint density at radius 1 is 0.632 bits per heavy atom. The zero-order valence-corrected chi connectivity index (χ0v) is 20.4. The number of carbonyl (C=O) groups excluding carboxylic acids is 3. The molecule has 2 heterocycles. The zero-order chi connectivity index (χ0) is 26.5. The third-order valence-electron chi connectivity index (χ3n) is 6.36. The molecule has 38 heavy (non-hydrogen) atoms. The summed E-state index contributed by atoms with van der Waals surface area (Å²) in [6.07, 6.45) is -3.92. The monoisotopic (exact) mass is 514 g/mol. The summed E-state index contributed by atoms with van der Waals surface area (Å²) in [6, 6.07) is 25.2. The van der Waals surface area contributed by atoms with Gasteiger partial charge in [0.2, 0.25) is 0 Å². The topological polar surface area (TPSA) is 97.4 Å². The maximum atomic E-state index is 13.2. The van der Waals surface area contributed by atoms with Crippen LogP contribution < -0.4 is 0 Å². The van der Waals surface area contributed by atoms with E-state index in [1.165, 1.54) is 0 Å². The average molecular weight is 515 g/mol. The number of ether oxygens (including phenoxy) is 5. The fourth-order valence-electron chi connectivity index (χ4n) is 4.54. The quantitative estimate of drug-likeness (QED) is 0.249. The molecule has 8 heteroatoms. The van der Waals surface area contributed by atoms with Crippen LogP contribution in [0.3, 0.4) is 0 Å². The average Bonchev–Trinajstić information content (AvgIpc) is 3.34. The van der Waals surface area contributed by atoms with Crippen LogP contribution in [-0.2, 0) is 23.7 Å². The van der Waals surface area contributed by atoms with E-state index >= 15 is 0 Å². The maximum absolute atomic E-state index is 13.2. The van der Waals surface area contributed by atoms with Crippen LogP contribution in [0.5, 0.6) is 0 Å². The van der Waals surface area contributed by atoms with Crippen LogP contribution in [0.15, 0.2) is 104 Å². The van der Waals surface area contributed by atoms with Crippen molar-refractivity contribution in [1.82, 2.24) is 0 Å². The molecule has 2 fully saturated rings. The van der Waals surface area contributed by atoms with Gasteiger partial charge in [0, 0.05) is 0 Å². The third kappa shape index (κ3) is 5.37. The highest BCUT2D eigenvalue weighted by Crippen LogP contribution is 2.39. The summed E-state index contributed by atoms with van der Waals surface area (Å²) in [5, 5.41) is 0. The summed E-state index contributed by atoms with van der Waals surface area (Å²) in [5.74, 6) is -1.98. The number of hydrogen-bond donors (Lipinski definition) is 0. The maximum Gasteiger partial charge on any atom is 0.338 e. The highest BCUT2D eigenvalue weighted by atomic mass is 16.8. The van der Waals surface area contributed by atoms with E-state index in [1.54, 1.807) is 97.1 Å². The van der Waals surface area contributed by atoms with E-state index in [0.717, 1.165) is 0 Å². The van der Waals surface area contributed by atoms with Crippen LogP contribution >= 0.6 is 0 Å². The lowest BCUT2D eigenvalue weighted by atomic mass is 9.95. The van der Waals surface area contributed by atoms with Crippen molar-refractivity contribution in [3.05, 3.63) is 120 Å². The van der Waals surface area contributed by atoms with Crippen molar-refractivity contribution in [2.45, 2.75) is 43.2 Å². The smallest absolute Gasteiger partial charge is 0.338 e. The lowest BCUT2D eigenvalue weighted by molar-refractivity contribution is -0.228. The second-order valence-corrected chi connectivity index (χ2v) is 8.88. The van der Waals surface area contributed by atoms with E-state index in [9.17, 15) is 14.4 Å². The molecule has 8 nitrogen and oxygen atoms in total. The molecule has 6 atom stereocenters. The molecule has 0 aromatic heterocycles. The Kier molecular flexibility index (Phi) is 7.62. The van der Waals surface area contributed by atoms with Crippen LogP contribution in [0.1, 0.15) is 37.5 Å². The van der Waals surface area contributed by atoms with Gasteiger partial charge >= 0.3 is 17.9 Å². The Labute approximate surface area is 219 Å². The number of fused-ring (bicyclic) bond motifs is 2. The van der Waals surface area contributed by atoms with Gasteiger partial charge in [-0.3, -0.25) is 0 Å². The van der Waals surface area contributed by atoms with Crippen molar-refractivity contribution in [2.24, 2.45) is 0 Å². The first kappa shape index (κ1) is 25.4. The molecule has 2 saturated heterocycles. The predicted molar refractivity (Wildman–Crippen MR) is 135 cm³/mol. The molecule has 0 amide bonds. The van der Waals surface area contributed by atoms with Gasteiger partial charge in [0.05, 0.1) is 22.8 Å². The lowest BCUT2D eigenvalue weighted by Gasteiger charge is -2.39. The van der Waals surface area contributed by atoms with Crippen molar-refractivity contribution in [3.8, 4) is 0 Å². The molecule has 3 aromatic carbocycles. The Morgan fingerprint density at radius 2 is 1.05 bits per heavy atom. The second kappa shape index (κ2) is 11.4. The summed E-state index contributed by atoms with van der Waals surface area (Å²) >= 11 is 0. The first-order valence-corrected chi connectivity index (χ1v) is 12.2. The van der Waals surface area contributed by atoms with Gasteiger partial charge in [-0.05, 0) is 42.8 Å². The minimum Gasteiger partial charge on any atom is -0.452 e. The van der Waals surface area contributed by atoms with Crippen molar-refractivity contribution >= 4 is 17.9 Å². The van der Waals surface area contributed by atoms with Gasteiger partial charge < -0.3 is 23.7 Å². The number of benzene rings is 3. The van der Waals surface area contributed by atoms with Crippen LogP contribution in [0.4, 0.5) is 0 Å². The standard InChI is InChI=1S/C30H26O8/c1-2-12-22-23-24(35-27(31)19-13-6-3-7-14-19)25(36-28(32)20-15-8-4-9-16-20)26(30(34-22)38-23)37-29(33)21-17-10-5-11-18-21/h2-11,13-18,22-26,30H,1,12H2/t22-,23+,24+,25-,26+,30+/m0/s1. The van der Waals surface area contributed by atoms with E-state index in [0.29, 0.717) is 17.5 Å². The molecule has 0 radical (unpaired) electrons. The molecule has 0 spiro atoms. The molecule has 5 rings (SSSR count). The molecule has 3 aromatic rings. The molecule has 0 saturated carbocycles. The van der Waals surface area contributed by atoms with Crippen LogP contribution in [-0.4, -0.2) is 54.7 Å². The zero-order valence-electron chi connectivity index (χ0n) is 20.4. The van der Waals surface area contributed by atoms with Crippen molar-refractivity contribution < 1.29 is 38.1 Å². The largest absolute Gasteiger partial charge is 0.452 e. The molecular formula is C30H26O8. The molecular weight excluding hydrogens is 488 g/mol. The first-order chi connectivity index (χ1) is 18.5. The summed E-state index contributed by atoms with van der Waals surface area (Å²) in [4.78, 5) is 39.3. The van der Waals surface area contributed by atoms with Crippen LogP contribution in [0, 0.1) is 0 Å². The fraction of sp³-hybridized carbons (Fsp3) is 0.233. The Morgan fingerprint density at radius 3 is 1.50 bits per heavy atom. The van der Waals surface area contributed by atoms with Gasteiger partial charge in [-0.2, -0.15) is 0 Å². The van der Waals surface area contributed by atoms with E-state index in [4.69, 9.17) is 23.7 Å². The van der Waals surface area contributed by atoms with Crippen molar-refractivity contribution in [2.75, 3.05) is 0 Å². The molecule has 194 valence electrons. The second-order valence-electron chi connectivity index (χ2n) is 8.88. The van der Waals surface area contributed by atoms with Gasteiger partial charge in [0.1, 0.15) is 6.10 Å². The fourth-order valence-corrected chi connectivity index (χ4v) is 4.54. The van der Waals surface area contributed by atoms with Gasteiger partial charge in [0.25, 0.3) is 0 Å². The van der Waals surface area contributed by atoms with E-state index in [-0.39, 0.29) is 5.56 Å². The van der Waals surface area contributed by atoms with Gasteiger partial charge in [-0.15, -0.1) is 6.58 Å². The minimum absolute atomic E-state index is 0.288. The number of esters is 3. The predicted octanol–water partition coefficient (Wildman–Crippen LogP) is 4.36. The summed E-state index contributed by atoms with van der Waals surface area (Å²) < 4.78 is 29.7. The third-order valence-corrected chi connectivity index (χ3v) is 6.36. The van der Waals surface area contributed by atoms with E-state index < -0.39 is 54.7 Å². The minimum atomic E-state index is -1.21. The van der Waals surface area contributed by atoms with Crippen LogP contribution in [0.2, 0.25) is 0 Å². The van der Waals surface area contributed by atoms with E-state index in [2.05, 4.69) is 6.58 Å². The number of hydrogen-bond acceptors (Lipinski definition) is 8. The Balaban J connectivity index is 1.50. The van der Waals surface area contributed by atoms with Gasteiger partial charge in [-0.1, -0.05) is 60.7 Å². The molecule has 2 bridgehead atoms. The Hall–Kier alpha value is -4.27. The summed E-state index contributed by atoms with van der Waals surface area (Å²) in [7, 11) is 0. The molecule has 2 aliphatic heterocycles. The number of carbonyl (C=O) groups is 3. The summed E-state index contributed by atoms with van der Waals surface area (Å²) in [5.41, 5.74) is 0.886. The van der Waals surface area contributed by atoms with Gasteiger partial charge in [-0.25, -0.2) is 14.4 Å². The molecule has 0 aliphatic carbocycles. The summed E-state index contributed by atoms with van der Waals surface area (Å²) in [6.45, 7) is 3.77. The first-order valence-electron chi connectivity index (χ1n) is 12.2. The van der Waals surface area contributed by atoms with Crippen molar-refractivity contribution in [1.29, 1.82) is 0 Å². The molecule has 2 aliphatic rings. The number of rotatable bonds is 8. The highest BCUT2D eigenvalue weighted by molar-refractivity contribution is 5.91. The lowest BCUT2D eigenvalue weighted by Crippen LogP contribution is -2.59. The van der Waals surface area contributed by atoms with E-state index in [1.807, 2.05) is 0 Å². The molecule has 0 unspecified atom stereocenters. The van der Waals surface area contributed by atoms with Crippen molar-refractivity contribution in [3.63, 3.8) is 0 Å². The van der Waals surface area contributed by atoms with Crippen LogP contribution in [0.25, 0.3) is 0 Å². The van der Waals surface area contributed by atoms with Gasteiger partial charge in [0.15, 0.2) is 24.6 Å². The Bertz CT molecular complexity index is 1280. The molecule has 0 N–H and O–H groups in total. The SMILES string of the molecule is C=CC[C@@H]1O[C@@H]2O[C@H]1[C@@H](OC(=O)c1ccccc1)[C@H](OC(=O)c1ccccc1)[C@H]2OC(=O)c1ccccc1. The highest BCUT2D eigenvalue weighted by Gasteiger charge is 2.60.